The Kier molecular flexibility index (Phi) is 3.22. The fraction of sp³-hybridized carbons (Fsp3) is 0.200. The molecule has 70 valence electrons. The molecule has 0 fully saturated rings. The van der Waals surface area contributed by atoms with E-state index in [9.17, 15) is 4.39 Å². The molecule has 0 amide bonds. The fourth-order valence-corrected chi connectivity index (χ4v) is 1.39. The zero-order valence-electron chi connectivity index (χ0n) is 7.35. The smallest absolute Gasteiger partial charge is 0.137 e. The van der Waals surface area contributed by atoms with E-state index in [0.717, 1.165) is 11.1 Å². The van der Waals surface area contributed by atoms with E-state index < -0.39 is 0 Å². The molecule has 0 aromatic heterocycles. The van der Waals surface area contributed by atoms with Crippen LogP contribution < -0.4 is 5.73 Å². The molecule has 0 saturated carbocycles. The van der Waals surface area contributed by atoms with E-state index in [-0.39, 0.29) is 11.9 Å². The van der Waals surface area contributed by atoms with Crippen molar-refractivity contribution in [1.29, 1.82) is 0 Å². The Balaban J connectivity index is 3.03. The van der Waals surface area contributed by atoms with Crippen LogP contribution in [-0.2, 0) is 0 Å². The molecule has 0 spiro atoms. The first kappa shape index (κ1) is 10.4. The number of hydrogen-bond donors (Lipinski definition) is 1. The minimum absolute atomic E-state index is 0.225. The first-order valence-electron chi connectivity index (χ1n) is 3.88. The van der Waals surface area contributed by atoms with Crippen LogP contribution in [-0.4, -0.2) is 0 Å². The van der Waals surface area contributed by atoms with Gasteiger partial charge in [0, 0.05) is 0 Å². The van der Waals surface area contributed by atoms with Crippen LogP contribution in [0, 0.1) is 5.82 Å². The number of benzene rings is 1. The Hall–Kier alpha value is -0.670. The third-order valence-electron chi connectivity index (χ3n) is 1.83. The largest absolute Gasteiger partial charge is 0.321 e. The van der Waals surface area contributed by atoms with Gasteiger partial charge in [0.2, 0.25) is 0 Å². The van der Waals surface area contributed by atoms with Crippen LogP contribution in [0.4, 0.5) is 4.39 Å². The van der Waals surface area contributed by atoms with E-state index in [1.54, 1.807) is 12.1 Å². The Labute approximate surface area is 85.6 Å². The summed E-state index contributed by atoms with van der Waals surface area (Å²) in [4.78, 5) is 0. The highest BCUT2D eigenvalue weighted by molar-refractivity contribution is 9.10. The maximum atomic E-state index is 12.9. The number of rotatable bonds is 2. The summed E-state index contributed by atoms with van der Waals surface area (Å²) >= 11 is 3.10. The van der Waals surface area contributed by atoms with Gasteiger partial charge in [0.15, 0.2) is 0 Å². The maximum absolute atomic E-state index is 12.9. The molecule has 0 aliphatic carbocycles. The average Bonchev–Trinajstić information content (AvgIpc) is 2.08. The number of hydrogen-bond acceptors (Lipinski definition) is 1. The molecule has 1 aromatic rings. The van der Waals surface area contributed by atoms with Crippen molar-refractivity contribution in [3.05, 3.63) is 46.2 Å². The van der Waals surface area contributed by atoms with Gasteiger partial charge >= 0.3 is 0 Å². The Morgan fingerprint density at radius 2 is 2.23 bits per heavy atom. The molecule has 13 heavy (non-hydrogen) atoms. The van der Waals surface area contributed by atoms with E-state index in [2.05, 4.69) is 22.5 Å². The van der Waals surface area contributed by atoms with Crippen LogP contribution in [0.1, 0.15) is 18.5 Å². The molecular weight excluding hydrogens is 233 g/mol. The predicted molar refractivity (Wildman–Crippen MR) is 55.8 cm³/mol. The van der Waals surface area contributed by atoms with E-state index in [4.69, 9.17) is 5.73 Å². The zero-order chi connectivity index (χ0) is 10.0. The van der Waals surface area contributed by atoms with Crippen LogP contribution in [0.2, 0.25) is 0 Å². The molecule has 0 radical (unpaired) electrons. The first-order valence-corrected chi connectivity index (χ1v) is 4.67. The van der Waals surface area contributed by atoms with Gasteiger partial charge in [-0.1, -0.05) is 18.2 Å². The second-order valence-corrected chi connectivity index (χ2v) is 3.85. The van der Waals surface area contributed by atoms with Gasteiger partial charge in [-0.05, 0) is 40.5 Å². The van der Waals surface area contributed by atoms with Gasteiger partial charge in [-0.3, -0.25) is 0 Å². The van der Waals surface area contributed by atoms with Crippen molar-refractivity contribution in [2.75, 3.05) is 0 Å². The molecule has 0 aliphatic rings. The summed E-state index contributed by atoms with van der Waals surface area (Å²) in [7, 11) is 0. The van der Waals surface area contributed by atoms with Gasteiger partial charge in [-0.25, -0.2) is 4.39 Å². The third-order valence-corrected chi connectivity index (χ3v) is 2.44. The predicted octanol–water partition coefficient (Wildman–Crippen LogP) is 3.16. The molecule has 1 aromatic carbocycles. The van der Waals surface area contributed by atoms with Gasteiger partial charge in [0.1, 0.15) is 5.82 Å². The third kappa shape index (κ3) is 2.39. The van der Waals surface area contributed by atoms with Crippen LogP contribution in [0.3, 0.4) is 0 Å². The number of halogens is 2. The summed E-state index contributed by atoms with van der Waals surface area (Å²) in [6, 6.07) is 4.51. The lowest BCUT2D eigenvalue weighted by molar-refractivity contribution is 0.619. The van der Waals surface area contributed by atoms with Crippen LogP contribution in [0.5, 0.6) is 0 Å². The lowest BCUT2D eigenvalue weighted by atomic mass is 10.0. The van der Waals surface area contributed by atoms with Gasteiger partial charge in [0.25, 0.3) is 0 Å². The maximum Gasteiger partial charge on any atom is 0.137 e. The molecule has 1 rings (SSSR count). The van der Waals surface area contributed by atoms with Gasteiger partial charge in [-0.2, -0.15) is 0 Å². The van der Waals surface area contributed by atoms with Crippen molar-refractivity contribution in [1.82, 2.24) is 0 Å². The van der Waals surface area contributed by atoms with Crippen molar-refractivity contribution in [2.45, 2.75) is 13.0 Å². The van der Waals surface area contributed by atoms with Crippen LogP contribution in [0.15, 0.2) is 34.8 Å². The summed E-state index contributed by atoms with van der Waals surface area (Å²) < 4.78 is 13.3. The summed E-state index contributed by atoms with van der Waals surface area (Å²) in [5.74, 6) is -0.280. The minimum atomic E-state index is -0.280. The summed E-state index contributed by atoms with van der Waals surface area (Å²) in [6.45, 7) is 5.60. The van der Waals surface area contributed by atoms with Gasteiger partial charge in [0.05, 0.1) is 10.5 Å². The molecule has 0 heterocycles. The normalized spacial score (nSPS) is 12.6. The fourth-order valence-electron chi connectivity index (χ4n) is 0.990. The summed E-state index contributed by atoms with van der Waals surface area (Å²) in [5, 5.41) is 0. The molecule has 0 saturated heterocycles. The summed E-state index contributed by atoms with van der Waals surface area (Å²) in [6.07, 6.45) is 0. The molecule has 2 N–H and O–H groups in total. The lowest BCUT2D eigenvalue weighted by Gasteiger charge is -2.11. The molecule has 0 bridgehead atoms. The van der Waals surface area contributed by atoms with Crippen molar-refractivity contribution < 1.29 is 4.39 Å². The second kappa shape index (κ2) is 4.03. The van der Waals surface area contributed by atoms with Crippen molar-refractivity contribution in [2.24, 2.45) is 5.73 Å². The van der Waals surface area contributed by atoms with Gasteiger partial charge < -0.3 is 5.73 Å². The Morgan fingerprint density at radius 1 is 1.62 bits per heavy atom. The molecule has 1 unspecified atom stereocenters. The molecule has 1 nitrogen and oxygen atoms in total. The van der Waals surface area contributed by atoms with E-state index in [1.807, 2.05) is 6.92 Å². The molecule has 0 aliphatic heterocycles. The standard InChI is InChI=1S/C10H11BrFN/c1-6(2)10(13)7-3-4-9(12)8(11)5-7/h3-5,10H,1,13H2,2H3. The highest BCUT2D eigenvalue weighted by Crippen LogP contribution is 2.23. The SMILES string of the molecule is C=C(C)C(N)c1ccc(F)c(Br)c1. The van der Waals surface area contributed by atoms with E-state index >= 15 is 0 Å². The van der Waals surface area contributed by atoms with Crippen molar-refractivity contribution in [3.63, 3.8) is 0 Å². The highest BCUT2D eigenvalue weighted by Gasteiger charge is 2.08. The summed E-state index contributed by atoms with van der Waals surface area (Å²) in [5.41, 5.74) is 7.54. The second-order valence-electron chi connectivity index (χ2n) is 3.00. The van der Waals surface area contributed by atoms with Crippen LogP contribution >= 0.6 is 15.9 Å². The molecule has 3 heteroatoms. The minimum Gasteiger partial charge on any atom is -0.321 e. The Morgan fingerprint density at radius 3 is 2.69 bits per heavy atom. The highest BCUT2D eigenvalue weighted by atomic mass is 79.9. The van der Waals surface area contributed by atoms with E-state index in [0.29, 0.717) is 4.47 Å². The lowest BCUT2D eigenvalue weighted by Crippen LogP contribution is -2.10. The molecule has 1 atom stereocenters. The average molecular weight is 244 g/mol. The van der Waals surface area contributed by atoms with E-state index in [1.165, 1.54) is 6.07 Å². The van der Waals surface area contributed by atoms with Crippen molar-refractivity contribution in [3.8, 4) is 0 Å². The first-order chi connectivity index (χ1) is 6.02. The quantitative estimate of drug-likeness (QED) is 0.794. The molecular formula is C10H11BrFN. The number of nitrogens with two attached hydrogens (primary N) is 1. The monoisotopic (exact) mass is 243 g/mol. The van der Waals surface area contributed by atoms with Crippen molar-refractivity contribution >= 4 is 15.9 Å². The topological polar surface area (TPSA) is 26.0 Å². The zero-order valence-corrected chi connectivity index (χ0v) is 8.94. The Bertz CT molecular complexity index is 336. The van der Waals surface area contributed by atoms with Crippen LogP contribution in [0.25, 0.3) is 0 Å². The van der Waals surface area contributed by atoms with Gasteiger partial charge in [-0.15, -0.1) is 0 Å².